The Morgan fingerprint density at radius 1 is 0.795 bits per heavy atom. The van der Waals surface area contributed by atoms with Gasteiger partial charge in [0.25, 0.3) is 0 Å². The van der Waals surface area contributed by atoms with Gasteiger partial charge in [-0.1, -0.05) is 48.5 Å². The number of carbonyl (C=O) groups excluding carboxylic acids is 3. The molecule has 2 atom stereocenters. The van der Waals surface area contributed by atoms with Crippen LogP contribution in [-0.2, 0) is 9.53 Å². The Bertz CT molecular complexity index is 1880. The Hall–Kier alpha value is -4.25. The zero-order chi connectivity index (χ0) is 26.7. The van der Waals surface area contributed by atoms with Crippen LogP contribution in [0.25, 0.3) is 43.4 Å². The molecule has 0 saturated heterocycles. The van der Waals surface area contributed by atoms with E-state index in [-0.39, 0.29) is 29.6 Å². The lowest BCUT2D eigenvalue weighted by molar-refractivity contribution is -0.144. The highest BCUT2D eigenvalue weighted by Gasteiger charge is 2.30. The summed E-state index contributed by atoms with van der Waals surface area (Å²) >= 11 is 0. The number of ether oxygens (including phenoxy) is 1. The van der Waals surface area contributed by atoms with Gasteiger partial charge in [0.05, 0.1) is 5.52 Å². The predicted molar refractivity (Wildman–Crippen MR) is 155 cm³/mol. The monoisotopic (exact) mass is 515 g/mol. The van der Waals surface area contributed by atoms with Crippen molar-refractivity contribution in [2.24, 2.45) is 0 Å². The molecule has 1 heterocycles. The predicted octanol–water partition coefficient (Wildman–Crippen LogP) is 7.93. The number of nitrogens with one attached hydrogen (secondary N) is 1. The molecule has 1 aromatic heterocycles. The van der Waals surface area contributed by atoms with Crippen LogP contribution in [0, 0.1) is 0 Å². The fourth-order valence-corrected chi connectivity index (χ4v) is 6.77. The van der Waals surface area contributed by atoms with Gasteiger partial charge in [-0.25, -0.2) is 0 Å². The smallest absolute Gasteiger partial charge is 0.303 e. The minimum Gasteiger partial charge on any atom is -0.458 e. The van der Waals surface area contributed by atoms with Gasteiger partial charge in [-0.3, -0.25) is 14.4 Å². The SMILES string of the molecule is CC(=O)O[C@H]1C=CC(c2cc3c4[nH]c5ccccc5c4c4c(c3c3ccccc23)C(=O)CCCCC4=O)CC1. The molecule has 0 amide bonds. The maximum atomic E-state index is 13.9. The number of carbonyl (C=O) groups is 3. The summed E-state index contributed by atoms with van der Waals surface area (Å²) < 4.78 is 5.43. The molecule has 0 fully saturated rings. The van der Waals surface area contributed by atoms with E-state index in [0.29, 0.717) is 24.0 Å². The van der Waals surface area contributed by atoms with Gasteiger partial charge in [0.15, 0.2) is 11.6 Å². The minimum absolute atomic E-state index is 0.0505. The molecule has 39 heavy (non-hydrogen) atoms. The third-order valence-corrected chi connectivity index (χ3v) is 8.45. The Morgan fingerprint density at radius 2 is 1.46 bits per heavy atom. The number of Topliss-reactive ketones (excluding diaryl/α,β-unsaturated/α-hetero) is 2. The molecule has 0 spiro atoms. The lowest BCUT2D eigenvalue weighted by atomic mass is 9.79. The summed E-state index contributed by atoms with van der Waals surface area (Å²) in [6.07, 6.45) is 7.90. The molecule has 1 N–H and O–H groups in total. The van der Waals surface area contributed by atoms with E-state index in [2.05, 4.69) is 29.3 Å². The number of fused-ring (bicyclic) bond motifs is 10. The maximum absolute atomic E-state index is 13.9. The molecular weight excluding hydrogens is 486 g/mol. The first kappa shape index (κ1) is 23.8. The normalized spacial score (nSPS) is 19.9. The summed E-state index contributed by atoms with van der Waals surface area (Å²) in [5, 5.41) is 5.78. The summed E-state index contributed by atoms with van der Waals surface area (Å²) in [6.45, 7) is 1.44. The average molecular weight is 516 g/mol. The van der Waals surface area contributed by atoms with E-state index in [1.807, 2.05) is 42.5 Å². The Balaban J connectivity index is 1.61. The Kier molecular flexibility index (Phi) is 5.62. The van der Waals surface area contributed by atoms with Crippen molar-refractivity contribution in [3.8, 4) is 0 Å². The highest BCUT2D eigenvalue weighted by molar-refractivity contribution is 6.35. The summed E-state index contributed by atoms with van der Waals surface area (Å²) in [5.74, 6) is -0.0226. The van der Waals surface area contributed by atoms with Gasteiger partial charge in [-0.2, -0.15) is 0 Å². The van der Waals surface area contributed by atoms with Gasteiger partial charge in [0, 0.05) is 63.9 Å². The number of ketones is 2. The van der Waals surface area contributed by atoms with Crippen LogP contribution in [-0.4, -0.2) is 28.6 Å². The molecule has 194 valence electrons. The van der Waals surface area contributed by atoms with Crippen molar-refractivity contribution < 1.29 is 19.1 Å². The van der Waals surface area contributed by atoms with Gasteiger partial charge in [-0.15, -0.1) is 0 Å². The zero-order valence-corrected chi connectivity index (χ0v) is 21.9. The maximum Gasteiger partial charge on any atom is 0.303 e. The third kappa shape index (κ3) is 3.79. The zero-order valence-electron chi connectivity index (χ0n) is 21.9. The van der Waals surface area contributed by atoms with Crippen LogP contribution in [0.15, 0.2) is 66.7 Å². The van der Waals surface area contributed by atoms with Gasteiger partial charge in [-0.05, 0) is 60.2 Å². The van der Waals surface area contributed by atoms with Crippen LogP contribution in [0.2, 0.25) is 0 Å². The van der Waals surface area contributed by atoms with Crippen molar-refractivity contribution >= 4 is 60.9 Å². The number of H-pyrrole nitrogens is 1. The van der Waals surface area contributed by atoms with Crippen molar-refractivity contribution in [1.82, 2.24) is 4.98 Å². The van der Waals surface area contributed by atoms with Crippen LogP contribution < -0.4 is 0 Å². The van der Waals surface area contributed by atoms with E-state index in [9.17, 15) is 14.4 Å². The number of aromatic nitrogens is 1. The van der Waals surface area contributed by atoms with Crippen molar-refractivity contribution in [3.63, 3.8) is 0 Å². The molecule has 5 aromatic rings. The van der Waals surface area contributed by atoms with E-state index in [4.69, 9.17) is 4.74 Å². The first-order valence-corrected chi connectivity index (χ1v) is 13.8. The summed E-state index contributed by atoms with van der Waals surface area (Å²) in [4.78, 5) is 42.7. The number of hydrogen-bond donors (Lipinski definition) is 1. The van der Waals surface area contributed by atoms with Crippen LogP contribution in [0.5, 0.6) is 0 Å². The van der Waals surface area contributed by atoms with Crippen molar-refractivity contribution in [1.29, 1.82) is 0 Å². The van der Waals surface area contributed by atoms with Crippen molar-refractivity contribution in [3.05, 3.63) is 83.4 Å². The number of aromatic amines is 1. The number of allylic oxidation sites excluding steroid dienone is 1. The number of esters is 1. The van der Waals surface area contributed by atoms with E-state index < -0.39 is 0 Å². The lowest BCUT2D eigenvalue weighted by Crippen LogP contribution is -2.18. The molecule has 0 radical (unpaired) electrons. The second kappa shape index (κ2) is 9.19. The molecule has 1 unspecified atom stereocenters. The molecular formula is C34H29NO4. The van der Waals surface area contributed by atoms with E-state index in [1.165, 1.54) is 12.5 Å². The van der Waals surface area contributed by atoms with Crippen LogP contribution in [0.1, 0.15) is 77.6 Å². The standard InChI is InChI=1S/C34H29NO4/c1-19(36)39-21-16-14-20(15-17-21)25-18-26-30(23-9-3-2-8-22(23)25)32-28(37)12-6-7-13-29(38)33(32)31-24-10-4-5-11-27(24)35-34(26)31/h2-5,8-11,14,16,18,20-21,35H,6-7,12-13,15,17H2,1H3/t20?,21-/m0/s1. The number of benzene rings is 4. The lowest BCUT2D eigenvalue weighted by Gasteiger charge is -2.25. The van der Waals surface area contributed by atoms with Gasteiger partial charge in [0.2, 0.25) is 0 Å². The van der Waals surface area contributed by atoms with Crippen LogP contribution in [0.3, 0.4) is 0 Å². The molecule has 5 heteroatoms. The molecule has 2 aliphatic carbocycles. The van der Waals surface area contributed by atoms with Crippen LogP contribution >= 0.6 is 0 Å². The number of hydrogen-bond acceptors (Lipinski definition) is 4. The average Bonchev–Trinajstić information content (AvgIpc) is 3.33. The number of rotatable bonds is 2. The third-order valence-electron chi connectivity index (χ3n) is 8.45. The highest BCUT2D eigenvalue weighted by Crippen LogP contribution is 2.45. The molecule has 4 aromatic carbocycles. The molecule has 0 aliphatic heterocycles. The van der Waals surface area contributed by atoms with Gasteiger partial charge >= 0.3 is 5.97 Å². The molecule has 2 aliphatic rings. The summed E-state index contributed by atoms with van der Waals surface area (Å²) in [5.41, 5.74) is 4.22. The van der Waals surface area contributed by atoms with Crippen molar-refractivity contribution in [2.45, 2.75) is 57.5 Å². The molecule has 7 rings (SSSR count). The second-order valence-electron chi connectivity index (χ2n) is 10.9. The summed E-state index contributed by atoms with van der Waals surface area (Å²) in [6, 6.07) is 18.5. The second-order valence-corrected chi connectivity index (χ2v) is 10.9. The molecule has 0 bridgehead atoms. The van der Waals surface area contributed by atoms with Crippen LogP contribution in [0.4, 0.5) is 0 Å². The van der Waals surface area contributed by atoms with Crippen molar-refractivity contribution in [2.75, 3.05) is 0 Å². The van der Waals surface area contributed by atoms with Gasteiger partial charge < -0.3 is 9.72 Å². The number of para-hydroxylation sites is 1. The molecule has 0 saturated carbocycles. The van der Waals surface area contributed by atoms with E-state index >= 15 is 0 Å². The fraction of sp³-hybridized carbons (Fsp3) is 0.265. The minimum atomic E-state index is -0.267. The topological polar surface area (TPSA) is 76.2 Å². The first-order valence-electron chi connectivity index (χ1n) is 13.8. The first-order chi connectivity index (χ1) is 19.0. The molecule has 5 nitrogen and oxygen atoms in total. The summed E-state index contributed by atoms with van der Waals surface area (Å²) in [7, 11) is 0. The Labute approximate surface area is 225 Å². The fourth-order valence-electron chi connectivity index (χ4n) is 6.77. The quantitative estimate of drug-likeness (QED) is 0.147. The Morgan fingerprint density at radius 3 is 2.15 bits per heavy atom. The van der Waals surface area contributed by atoms with Gasteiger partial charge in [0.1, 0.15) is 6.10 Å². The largest absolute Gasteiger partial charge is 0.458 e. The van der Waals surface area contributed by atoms with E-state index in [1.54, 1.807) is 0 Å². The highest BCUT2D eigenvalue weighted by atomic mass is 16.5. The van der Waals surface area contributed by atoms with E-state index in [0.717, 1.165) is 69.0 Å².